The molecule has 1 fully saturated rings. The Hall–Kier alpha value is -2.12. The maximum absolute atomic E-state index is 13.1. The molecule has 1 aliphatic rings. The zero-order valence-electron chi connectivity index (χ0n) is 10.5. The van der Waals surface area contributed by atoms with Crippen molar-refractivity contribution in [2.45, 2.75) is 37.6 Å². The van der Waals surface area contributed by atoms with E-state index < -0.39 is 23.1 Å². The van der Waals surface area contributed by atoms with E-state index in [9.17, 15) is 18.4 Å². The average Bonchev–Trinajstić information content (AvgIpc) is 2.43. The molecule has 8 heteroatoms. The van der Waals surface area contributed by atoms with Gasteiger partial charge in [-0.25, -0.2) is 23.4 Å². The van der Waals surface area contributed by atoms with Crippen molar-refractivity contribution in [3.63, 3.8) is 0 Å². The number of H-pyrrole nitrogens is 1. The number of hydrogen-bond acceptors (Lipinski definition) is 4. The Bertz CT molecular complexity index is 758. The lowest BCUT2D eigenvalue weighted by Gasteiger charge is -2.28. The Balaban J connectivity index is 2.07. The first-order valence-electron chi connectivity index (χ1n) is 6.31. The smallest absolute Gasteiger partial charge is 0.266 e. The highest BCUT2D eigenvalue weighted by Gasteiger charge is 2.36. The maximum atomic E-state index is 13.1. The molecule has 20 heavy (non-hydrogen) atoms. The van der Waals surface area contributed by atoms with E-state index in [-0.39, 0.29) is 36.7 Å². The van der Waals surface area contributed by atoms with E-state index in [1.54, 1.807) is 0 Å². The van der Waals surface area contributed by atoms with Crippen LogP contribution in [0.4, 0.5) is 8.78 Å². The molecule has 0 aromatic carbocycles. The standard InChI is InChI=1S/C12H12F2N4O2/c13-12(14)3-1-7(2-4-12)18-11(20)9-8(10(19)17-18)15-5-6-16-9/h5-7H,1-4H2,(H,17,19). The summed E-state index contributed by atoms with van der Waals surface area (Å²) in [5.41, 5.74) is -1.10. The number of hydrogen-bond donors (Lipinski definition) is 1. The highest BCUT2D eigenvalue weighted by Crippen LogP contribution is 2.37. The normalized spacial score (nSPS) is 19.3. The van der Waals surface area contributed by atoms with Crippen LogP contribution in [0.15, 0.2) is 22.0 Å². The number of nitrogens with zero attached hydrogens (tertiary/aromatic N) is 3. The highest BCUT2D eigenvalue weighted by molar-refractivity contribution is 5.70. The summed E-state index contributed by atoms with van der Waals surface area (Å²) < 4.78 is 27.4. The van der Waals surface area contributed by atoms with E-state index in [0.29, 0.717) is 0 Å². The Morgan fingerprint density at radius 1 is 1.15 bits per heavy atom. The zero-order valence-corrected chi connectivity index (χ0v) is 10.5. The van der Waals surface area contributed by atoms with E-state index in [0.717, 1.165) is 4.68 Å². The van der Waals surface area contributed by atoms with E-state index in [1.807, 2.05) is 0 Å². The molecule has 2 aromatic rings. The van der Waals surface area contributed by atoms with Crippen LogP contribution in [0.3, 0.4) is 0 Å². The predicted molar refractivity (Wildman–Crippen MR) is 66.9 cm³/mol. The number of aromatic amines is 1. The minimum absolute atomic E-state index is 0.0325. The fourth-order valence-electron chi connectivity index (χ4n) is 2.53. The minimum Gasteiger partial charge on any atom is -0.266 e. The van der Waals surface area contributed by atoms with Crippen LogP contribution in [0.2, 0.25) is 0 Å². The molecule has 2 heterocycles. The van der Waals surface area contributed by atoms with E-state index >= 15 is 0 Å². The molecule has 6 nitrogen and oxygen atoms in total. The number of alkyl halides is 2. The molecule has 1 saturated carbocycles. The zero-order chi connectivity index (χ0) is 14.3. The fourth-order valence-corrected chi connectivity index (χ4v) is 2.53. The third kappa shape index (κ3) is 2.10. The number of nitrogens with one attached hydrogen (secondary N) is 1. The van der Waals surface area contributed by atoms with E-state index in [2.05, 4.69) is 15.1 Å². The fraction of sp³-hybridized carbons (Fsp3) is 0.500. The van der Waals surface area contributed by atoms with Crippen molar-refractivity contribution in [1.82, 2.24) is 19.7 Å². The molecule has 0 aliphatic heterocycles. The summed E-state index contributed by atoms with van der Waals surface area (Å²) in [7, 11) is 0. The monoisotopic (exact) mass is 282 g/mol. The second kappa shape index (κ2) is 4.46. The largest absolute Gasteiger partial charge is 0.293 e. The molecule has 0 spiro atoms. The van der Waals surface area contributed by atoms with Gasteiger partial charge in [0.1, 0.15) is 0 Å². The molecule has 0 bridgehead atoms. The molecule has 0 saturated heterocycles. The van der Waals surface area contributed by atoms with Crippen molar-refractivity contribution >= 4 is 11.0 Å². The molecule has 106 valence electrons. The van der Waals surface area contributed by atoms with E-state index in [1.165, 1.54) is 12.4 Å². The van der Waals surface area contributed by atoms with Gasteiger partial charge in [0.2, 0.25) is 5.92 Å². The molecule has 3 rings (SSSR count). The molecule has 2 aromatic heterocycles. The summed E-state index contributed by atoms with van der Waals surface area (Å²) in [5, 5.41) is 2.42. The van der Waals surface area contributed by atoms with Crippen LogP contribution >= 0.6 is 0 Å². The lowest BCUT2D eigenvalue weighted by Crippen LogP contribution is -2.37. The summed E-state index contributed by atoms with van der Waals surface area (Å²) in [5.74, 6) is -2.68. The van der Waals surface area contributed by atoms with Gasteiger partial charge in [0.05, 0.1) is 6.04 Å². The number of fused-ring (bicyclic) bond motifs is 1. The first-order chi connectivity index (χ1) is 9.48. The molecular formula is C12H12F2N4O2. The van der Waals surface area contributed by atoms with Crippen LogP contribution in [0.5, 0.6) is 0 Å². The quantitative estimate of drug-likeness (QED) is 0.853. The first kappa shape index (κ1) is 12.9. The van der Waals surface area contributed by atoms with Crippen molar-refractivity contribution in [2.24, 2.45) is 0 Å². The van der Waals surface area contributed by atoms with Gasteiger partial charge in [-0.3, -0.25) is 14.7 Å². The maximum Gasteiger partial charge on any atom is 0.293 e. The summed E-state index contributed by atoms with van der Waals surface area (Å²) >= 11 is 0. The van der Waals surface area contributed by atoms with Gasteiger partial charge in [0.25, 0.3) is 11.1 Å². The summed E-state index contributed by atoms with van der Waals surface area (Å²) in [6.45, 7) is 0. The third-order valence-electron chi connectivity index (χ3n) is 3.61. The molecule has 1 N–H and O–H groups in total. The van der Waals surface area contributed by atoms with Crippen molar-refractivity contribution in [3.8, 4) is 0 Å². The molecule has 0 atom stereocenters. The minimum atomic E-state index is -2.68. The topological polar surface area (TPSA) is 80.6 Å². The van der Waals surface area contributed by atoms with Gasteiger partial charge in [-0.2, -0.15) is 0 Å². The van der Waals surface area contributed by atoms with Gasteiger partial charge in [0, 0.05) is 25.2 Å². The summed E-state index contributed by atoms with van der Waals surface area (Å²) in [6, 6.07) is -0.429. The van der Waals surface area contributed by atoms with Crippen LogP contribution < -0.4 is 11.1 Å². The Labute approximate surface area is 111 Å². The van der Waals surface area contributed by atoms with Crippen LogP contribution in [-0.2, 0) is 0 Å². The van der Waals surface area contributed by atoms with E-state index in [4.69, 9.17) is 0 Å². The van der Waals surface area contributed by atoms with Crippen LogP contribution in [0.25, 0.3) is 11.0 Å². The third-order valence-corrected chi connectivity index (χ3v) is 3.61. The van der Waals surface area contributed by atoms with Gasteiger partial charge in [-0.15, -0.1) is 0 Å². The van der Waals surface area contributed by atoms with Gasteiger partial charge in [0.15, 0.2) is 11.0 Å². The van der Waals surface area contributed by atoms with Crippen molar-refractivity contribution < 1.29 is 8.78 Å². The molecular weight excluding hydrogens is 270 g/mol. The number of halogens is 2. The molecule has 0 amide bonds. The second-order valence-electron chi connectivity index (χ2n) is 4.96. The molecule has 0 radical (unpaired) electrons. The van der Waals surface area contributed by atoms with Crippen LogP contribution in [-0.4, -0.2) is 25.7 Å². The van der Waals surface area contributed by atoms with Crippen LogP contribution in [0.1, 0.15) is 31.7 Å². The molecule has 1 aliphatic carbocycles. The number of rotatable bonds is 1. The van der Waals surface area contributed by atoms with Gasteiger partial charge in [-0.1, -0.05) is 0 Å². The highest BCUT2D eigenvalue weighted by atomic mass is 19.3. The van der Waals surface area contributed by atoms with Crippen molar-refractivity contribution in [3.05, 3.63) is 33.1 Å². The van der Waals surface area contributed by atoms with Crippen LogP contribution in [0, 0.1) is 0 Å². The Kier molecular flexibility index (Phi) is 2.88. The van der Waals surface area contributed by atoms with Crippen molar-refractivity contribution in [1.29, 1.82) is 0 Å². The molecule has 0 unspecified atom stereocenters. The summed E-state index contributed by atoms with van der Waals surface area (Å²) in [4.78, 5) is 31.8. The predicted octanol–water partition coefficient (Wildman–Crippen LogP) is 1.23. The average molecular weight is 282 g/mol. The lowest BCUT2D eigenvalue weighted by molar-refractivity contribution is -0.0454. The Morgan fingerprint density at radius 2 is 1.75 bits per heavy atom. The summed E-state index contributed by atoms with van der Waals surface area (Å²) in [6.07, 6.45) is 2.36. The Morgan fingerprint density at radius 3 is 2.40 bits per heavy atom. The SMILES string of the molecule is O=c1[nH]n(C2CCC(F)(F)CC2)c(=O)c2nccnc12. The van der Waals surface area contributed by atoms with Gasteiger partial charge >= 0.3 is 0 Å². The van der Waals surface area contributed by atoms with Crippen molar-refractivity contribution in [2.75, 3.05) is 0 Å². The van der Waals surface area contributed by atoms with Gasteiger partial charge in [-0.05, 0) is 12.8 Å². The second-order valence-corrected chi connectivity index (χ2v) is 4.96. The lowest BCUT2D eigenvalue weighted by atomic mass is 9.92. The number of aromatic nitrogens is 4. The van der Waals surface area contributed by atoms with Gasteiger partial charge < -0.3 is 0 Å². The first-order valence-corrected chi connectivity index (χ1v) is 6.31.